The van der Waals surface area contributed by atoms with Crippen LogP contribution < -0.4 is 20.1 Å². The highest BCUT2D eigenvalue weighted by Gasteiger charge is 2.22. The lowest BCUT2D eigenvalue weighted by Crippen LogP contribution is -2.51. The molecule has 3 N–H and O–H groups in total. The van der Waals surface area contributed by atoms with Gasteiger partial charge < -0.3 is 29.7 Å². The number of amides is 2. The van der Waals surface area contributed by atoms with Crippen LogP contribution in [0.3, 0.4) is 0 Å². The van der Waals surface area contributed by atoms with E-state index in [2.05, 4.69) is 10.6 Å². The van der Waals surface area contributed by atoms with Gasteiger partial charge in [-0.15, -0.1) is 0 Å². The number of rotatable bonds is 11. The van der Waals surface area contributed by atoms with E-state index in [1.54, 1.807) is 19.2 Å². The Balaban J connectivity index is 1.93. The number of carbonyl (C=O) groups excluding carboxylic acids is 1. The summed E-state index contributed by atoms with van der Waals surface area (Å²) in [6, 6.07) is 14.4. The van der Waals surface area contributed by atoms with E-state index in [0.29, 0.717) is 29.1 Å². The van der Waals surface area contributed by atoms with Gasteiger partial charge in [0.1, 0.15) is 6.61 Å². The molecule has 8 heteroatoms. The lowest BCUT2D eigenvalue weighted by atomic mass is 10.2. The minimum absolute atomic E-state index is 0.135. The second-order valence-electron chi connectivity index (χ2n) is 8.35. The van der Waals surface area contributed by atoms with Gasteiger partial charge in [0.05, 0.1) is 47.3 Å². The first kappa shape index (κ1) is 24.0. The van der Waals surface area contributed by atoms with Crippen molar-refractivity contribution >= 4 is 12.0 Å². The van der Waals surface area contributed by atoms with Crippen molar-refractivity contribution in [3.05, 3.63) is 59.7 Å². The van der Waals surface area contributed by atoms with Crippen molar-refractivity contribution < 1.29 is 28.7 Å². The maximum absolute atomic E-state index is 12.3. The van der Waals surface area contributed by atoms with Crippen LogP contribution in [0.15, 0.2) is 48.5 Å². The molecular weight excluding hydrogens is 398 g/mol. The van der Waals surface area contributed by atoms with Crippen LogP contribution in [0.25, 0.3) is 0 Å². The average molecular weight is 431 g/mol. The van der Waals surface area contributed by atoms with Gasteiger partial charge in [0, 0.05) is 6.54 Å². The SMILES string of the molecule is COc1cc(CNC(=O)NC(CC(=O)O)C[N+](C)(C)C)ccc1OCc1ccccc1. The highest BCUT2D eigenvalue weighted by molar-refractivity contribution is 5.75. The first-order chi connectivity index (χ1) is 14.7. The molecule has 0 fully saturated rings. The molecule has 0 aliphatic heterocycles. The summed E-state index contributed by atoms with van der Waals surface area (Å²) in [5.41, 5.74) is 1.89. The summed E-state index contributed by atoms with van der Waals surface area (Å²) in [5.74, 6) is 0.239. The van der Waals surface area contributed by atoms with Crippen LogP contribution in [0.1, 0.15) is 17.5 Å². The van der Waals surface area contributed by atoms with Crippen LogP contribution in [0.5, 0.6) is 11.5 Å². The minimum Gasteiger partial charge on any atom is -0.493 e. The molecule has 31 heavy (non-hydrogen) atoms. The molecule has 0 aromatic heterocycles. The highest BCUT2D eigenvalue weighted by atomic mass is 16.5. The molecule has 0 saturated heterocycles. The maximum atomic E-state index is 12.3. The number of benzene rings is 2. The van der Waals surface area contributed by atoms with Crippen molar-refractivity contribution in [1.29, 1.82) is 0 Å². The van der Waals surface area contributed by atoms with Gasteiger partial charge in [0.25, 0.3) is 0 Å². The predicted molar refractivity (Wildman–Crippen MR) is 118 cm³/mol. The zero-order chi connectivity index (χ0) is 22.9. The summed E-state index contributed by atoms with van der Waals surface area (Å²) < 4.78 is 11.8. The molecule has 2 aromatic rings. The lowest BCUT2D eigenvalue weighted by molar-refractivity contribution is -0.871. The first-order valence-corrected chi connectivity index (χ1v) is 10.1. The second kappa shape index (κ2) is 11.2. The van der Waals surface area contributed by atoms with Crippen LogP contribution in [0.2, 0.25) is 0 Å². The predicted octanol–water partition coefficient (Wildman–Crippen LogP) is 2.62. The molecular formula is C23H32N3O5+. The smallest absolute Gasteiger partial charge is 0.315 e. The normalized spacial score (nSPS) is 12.0. The number of nitrogens with one attached hydrogen (secondary N) is 2. The summed E-state index contributed by atoms with van der Waals surface area (Å²) in [6.07, 6.45) is -0.135. The summed E-state index contributed by atoms with van der Waals surface area (Å²) in [5, 5.41) is 14.6. The number of hydrogen-bond acceptors (Lipinski definition) is 4. The molecule has 2 amide bonds. The largest absolute Gasteiger partial charge is 0.493 e. The van der Waals surface area contributed by atoms with Crippen LogP contribution >= 0.6 is 0 Å². The van der Waals surface area contributed by atoms with Gasteiger partial charge in [-0.2, -0.15) is 0 Å². The third kappa shape index (κ3) is 8.96. The number of methoxy groups -OCH3 is 1. The zero-order valence-electron chi connectivity index (χ0n) is 18.6. The molecule has 0 spiro atoms. The Morgan fingerprint density at radius 3 is 2.35 bits per heavy atom. The number of likely N-dealkylation sites (N-methyl/N-ethyl adjacent to an activating group) is 1. The van der Waals surface area contributed by atoms with Gasteiger partial charge in [0.15, 0.2) is 11.5 Å². The summed E-state index contributed by atoms with van der Waals surface area (Å²) in [4.78, 5) is 23.4. The Hall–Kier alpha value is -3.26. The standard InChI is InChI=1S/C23H31N3O5/c1-26(2,3)15-19(13-22(27)28)25-23(29)24-14-18-10-11-20(21(12-18)30-4)31-16-17-8-6-5-7-9-17/h5-12,19H,13-16H2,1-4H3,(H2-,24,25,27,28,29)/p+1. The lowest BCUT2D eigenvalue weighted by Gasteiger charge is -2.29. The number of ether oxygens (including phenoxy) is 2. The summed E-state index contributed by atoms with van der Waals surface area (Å²) in [7, 11) is 7.41. The maximum Gasteiger partial charge on any atom is 0.315 e. The number of quaternary nitrogens is 1. The third-order valence-electron chi connectivity index (χ3n) is 4.44. The fraction of sp³-hybridized carbons (Fsp3) is 0.391. The Kier molecular flexibility index (Phi) is 8.69. The van der Waals surface area contributed by atoms with Crippen molar-refractivity contribution in [2.24, 2.45) is 0 Å². The quantitative estimate of drug-likeness (QED) is 0.476. The number of carboxylic acid groups (broad SMARTS) is 1. The topological polar surface area (TPSA) is 96.9 Å². The molecule has 2 aromatic carbocycles. The van der Waals surface area contributed by atoms with Crippen LogP contribution in [-0.4, -0.2) is 62.4 Å². The monoisotopic (exact) mass is 430 g/mol. The second-order valence-corrected chi connectivity index (χ2v) is 8.35. The molecule has 0 heterocycles. The third-order valence-corrected chi connectivity index (χ3v) is 4.44. The molecule has 0 aliphatic carbocycles. The number of urea groups is 1. The number of carboxylic acids is 1. The number of hydrogen-bond donors (Lipinski definition) is 3. The molecule has 2 rings (SSSR count). The molecule has 1 atom stereocenters. The van der Waals surface area contributed by atoms with Crippen LogP contribution in [-0.2, 0) is 17.9 Å². The van der Waals surface area contributed by atoms with Gasteiger partial charge in [0.2, 0.25) is 0 Å². The fourth-order valence-electron chi connectivity index (χ4n) is 3.13. The minimum atomic E-state index is -0.949. The molecule has 0 aliphatic rings. The number of aliphatic carboxylic acids is 1. The van der Waals surface area contributed by atoms with Crippen LogP contribution in [0.4, 0.5) is 4.79 Å². The van der Waals surface area contributed by atoms with Gasteiger partial charge in [-0.3, -0.25) is 4.79 Å². The molecule has 1 unspecified atom stereocenters. The van der Waals surface area contributed by atoms with E-state index in [0.717, 1.165) is 11.1 Å². The fourth-order valence-corrected chi connectivity index (χ4v) is 3.13. The van der Waals surface area contributed by atoms with E-state index < -0.39 is 18.0 Å². The van der Waals surface area contributed by atoms with E-state index in [9.17, 15) is 9.59 Å². The van der Waals surface area contributed by atoms with E-state index >= 15 is 0 Å². The summed E-state index contributed by atoms with van der Waals surface area (Å²) in [6.45, 7) is 1.20. The molecule has 8 nitrogen and oxygen atoms in total. The summed E-state index contributed by atoms with van der Waals surface area (Å²) >= 11 is 0. The van der Waals surface area contributed by atoms with E-state index in [1.165, 1.54) is 0 Å². The van der Waals surface area contributed by atoms with Crippen molar-refractivity contribution in [3.63, 3.8) is 0 Å². The molecule has 0 saturated carbocycles. The van der Waals surface area contributed by atoms with Gasteiger partial charge >= 0.3 is 12.0 Å². The van der Waals surface area contributed by atoms with E-state index in [-0.39, 0.29) is 13.0 Å². The Bertz CT molecular complexity index is 865. The zero-order valence-corrected chi connectivity index (χ0v) is 18.6. The van der Waals surface area contributed by atoms with Crippen LogP contribution in [0, 0.1) is 0 Å². The first-order valence-electron chi connectivity index (χ1n) is 10.1. The van der Waals surface area contributed by atoms with Crippen molar-refractivity contribution in [2.75, 3.05) is 34.8 Å². The number of carbonyl (C=O) groups is 2. The molecule has 0 radical (unpaired) electrons. The van der Waals surface area contributed by atoms with Gasteiger partial charge in [-0.05, 0) is 23.3 Å². The molecule has 168 valence electrons. The Labute approximate surface area is 183 Å². The van der Waals surface area contributed by atoms with Crippen molar-refractivity contribution in [1.82, 2.24) is 10.6 Å². The highest BCUT2D eigenvalue weighted by Crippen LogP contribution is 2.28. The average Bonchev–Trinajstić information content (AvgIpc) is 2.70. The van der Waals surface area contributed by atoms with Gasteiger partial charge in [-0.1, -0.05) is 36.4 Å². The van der Waals surface area contributed by atoms with E-state index in [4.69, 9.17) is 14.6 Å². The Morgan fingerprint density at radius 2 is 1.74 bits per heavy atom. The number of nitrogens with zero attached hydrogens (tertiary/aromatic N) is 1. The van der Waals surface area contributed by atoms with Gasteiger partial charge in [-0.25, -0.2) is 4.79 Å². The Morgan fingerprint density at radius 1 is 1.03 bits per heavy atom. The van der Waals surface area contributed by atoms with Crippen molar-refractivity contribution in [3.8, 4) is 11.5 Å². The van der Waals surface area contributed by atoms with Crippen molar-refractivity contribution in [2.45, 2.75) is 25.6 Å². The molecule has 0 bridgehead atoms. The van der Waals surface area contributed by atoms with E-state index in [1.807, 2.05) is 57.5 Å².